The van der Waals surface area contributed by atoms with Crippen LogP contribution in [-0.2, 0) is 4.79 Å². The number of hydrogen-bond donors (Lipinski definition) is 3. The van der Waals surface area contributed by atoms with Gasteiger partial charge >= 0.3 is 0 Å². The normalized spacial score (nSPS) is 15.2. The summed E-state index contributed by atoms with van der Waals surface area (Å²) < 4.78 is 1.58. The fourth-order valence-electron chi connectivity index (χ4n) is 2.56. The predicted octanol–water partition coefficient (Wildman–Crippen LogP) is 1.55. The van der Waals surface area contributed by atoms with Gasteiger partial charge in [0.05, 0.1) is 5.69 Å². The second kappa shape index (κ2) is 10.3. The van der Waals surface area contributed by atoms with Crippen LogP contribution in [0.3, 0.4) is 0 Å². The standard InChI is InChI=1S/C16H23N7O.2ClH/c1-2-14(15(24)18-10-13(17)11-8-9-11)19-16-20-21-22-23(16)12-6-4-3-5-7-12;;/h3-7,11,13-14H,2,8-10,17H2,1H3,(H,18,24)(H,19,20,22);2*1H. The average molecular weight is 402 g/mol. The van der Waals surface area contributed by atoms with E-state index in [4.69, 9.17) is 5.73 Å². The Morgan fingerprint density at radius 1 is 1.31 bits per heavy atom. The van der Waals surface area contributed by atoms with E-state index < -0.39 is 6.04 Å². The Kier molecular flexibility index (Phi) is 8.77. The molecule has 2 aromatic rings. The fourth-order valence-corrected chi connectivity index (χ4v) is 2.56. The van der Waals surface area contributed by atoms with Crippen molar-refractivity contribution in [3.05, 3.63) is 30.3 Å². The van der Waals surface area contributed by atoms with E-state index in [1.165, 1.54) is 12.8 Å². The van der Waals surface area contributed by atoms with E-state index in [2.05, 4.69) is 26.2 Å². The Hall–Kier alpha value is -1.90. The summed E-state index contributed by atoms with van der Waals surface area (Å²) in [7, 11) is 0. The first-order chi connectivity index (χ1) is 11.7. The number of amides is 1. The van der Waals surface area contributed by atoms with Crippen molar-refractivity contribution in [1.29, 1.82) is 0 Å². The highest BCUT2D eigenvalue weighted by Gasteiger charge is 2.29. The van der Waals surface area contributed by atoms with Crippen LogP contribution in [-0.4, -0.2) is 44.7 Å². The molecule has 0 radical (unpaired) electrons. The molecule has 1 fully saturated rings. The molecule has 0 aliphatic heterocycles. The number of nitrogens with one attached hydrogen (secondary N) is 2. The summed E-state index contributed by atoms with van der Waals surface area (Å²) in [6, 6.07) is 9.17. The van der Waals surface area contributed by atoms with E-state index in [1.54, 1.807) is 4.68 Å². The van der Waals surface area contributed by atoms with E-state index >= 15 is 0 Å². The molecule has 0 spiro atoms. The van der Waals surface area contributed by atoms with Crippen LogP contribution < -0.4 is 16.4 Å². The third-order valence-corrected chi connectivity index (χ3v) is 4.24. The maximum absolute atomic E-state index is 12.4. The number of rotatable bonds is 8. The van der Waals surface area contributed by atoms with Gasteiger partial charge in [-0.1, -0.05) is 30.2 Å². The van der Waals surface area contributed by atoms with Gasteiger partial charge in [0.25, 0.3) is 0 Å². The van der Waals surface area contributed by atoms with Crippen LogP contribution in [0.2, 0.25) is 0 Å². The van der Waals surface area contributed by atoms with E-state index in [1.807, 2.05) is 37.3 Å². The maximum Gasteiger partial charge on any atom is 0.248 e. The number of nitrogens with two attached hydrogens (primary N) is 1. The van der Waals surface area contributed by atoms with Gasteiger partial charge in [0.2, 0.25) is 11.9 Å². The Labute approximate surface area is 165 Å². The SMILES string of the molecule is CCC(Nc1nnnn1-c1ccccc1)C(=O)NCC(N)C1CC1.Cl.Cl. The minimum Gasteiger partial charge on any atom is -0.353 e. The molecule has 4 N–H and O–H groups in total. The molecule has 1 amide bonds. The summed E-state index contributed by atoms with van der Waals surface area (Å²) in [5.74, 6) is 0.912. The van der Waals surface area contributed by atoms with Crippen LogP contribution in [0.25, 0.3) is 5.69 Å². The first kappa shape index (κ1) is 22.1. The van der Waals surface area contributed by atoms with Crippen LogP contribution in [0.4, 0.5) is 5.95 Å². The van der Waals surface area contributed by atoms with Gasteiger partial charge in [0.15, 0.2) is 0 Å². The number of nitrogens with zero attached hydrogens (tertiary/aromatic N) is 4. The molecule has 1 saturated carbocycles. The predicted molar refractivity (Wildman–Crippen MR) is 105 cm³/mol. The van der Waals surface area contributed by atoms with Crippen molar-refractivity contribution in [3.63, 3.8) is 0 Å². The summed E-state index contributed by atoms with van der Waals surface area (Å²) in [4.78, 5) is 12.4. The highest BCUT2D eigenvalue weighted by atomic mass is 35.5. The molecule has 1 aliphatic carbocycles. The van der Waals surface area contributed by atoms with Crippen LogP contribution >= 0.6 is 24.8 Å². The van der Waals surface area contributed by atoms with Crippen LogP contribution in [0.15, 0.2) is 30.3 Å². The molecule has 26 heavy (non-hydrogen) atoms. The van der Waals surface area contributed by atoms with E-state index in [-0.39, 0.29) is 36.8 Å². The molecular weight excluding hydrogens is 377 g/mol. The van der Waals surface area contributed by atoms with Crippen molar-refractivity contribution < 1.29 is 4.79 Å². The summed E-state index contributed by atoms with van der Waals surface area (Å²) in [6.45, 7) is 2.44. The molecule has 0 saturated heterocycles. The maximum atomic E-state index is 12.4. The third-order valence-electron chi connectivity index (χ3n) is 4.24. The largest absolute Gasteiger partial charge is 0.353 e. The highest BCUT2D eigenvalue weighted by molar-refractivity contribution is 5.85. The number of halogens is 2. The summed E-state index contributed by atoms with van der Waals surface area (Å²) in [6.07, 6.45) is 2.95. The Balaban J connectivity index is 0.00000169. The minimum absolute atomic E-state index is 0. The number of tetrazole rings is 1. The molecule has 144 valence electrons. The number of hydrogen-bond acceptors (Lipinski definition) is 6. The lowest BCUT2D eigenvalue weighted by Crippen LogP contribution is -2.45. The number of para-hydroxylation sites is 1. The number of aromatic nitrogens is 4. The Bertz CT molecular complexity index is 678. The van der Waals surface area contributed by atoms with Gasteiger partial charge < -0.3 is 16.4 Å². The topological polar surface area (TPSA) is 111 Å². The van der Waals surface area contributed by atoms with Crippen LogP contribution in [0.1, 0.15) is 26.2 Å². The lowest BCUT2D eigenvalue weighted by Gasteiger charge is -2.19. The van der Waals surface area contributed by atoms with Crippen molar-refractivity contribution in [3.8, 4) is 5.69 Å². The monoisotopic (exact) mass is 401 g/mol. The molecule has 3 rings (SSSR count). The third kappa shape index (κ3) is 5.55. The quantitative estimate of drug-likeness (QED) is 0.618. The van der Waals surface area contributed by atoms with Crippen LogP contribution in [0, 0.1) is 5.92 Å². The van der Waals surface area contributed by atoms with Gasteiger partial charge in [0, 0.05) is 12.6 Å². The summed E-state index contributed by atoms with van der Waals surface area (Å²) in [5.41, 5.74) is 6.86. The van der Waals surface area contributed by atoms with Crippen LogP contribution in [0.5, 0.6) is 0 Å². The molecule has 1 aromatic heterocycles. The molecule has 8 nitrogen and oxygen atoms in total. The highest BCUT2D eigenvalue weighted by Crippen LogP contribution is 2.31. The van der Waals surface area contributed by atoms with E-state index in [0.29, 0.717) is 24.8 Å². The lowest BCUT2D eigenvalue weighted by atomic mass is 10.1. The van der Waals surface area contributed by atoms with Gasteiger partial charge in [-0.25, -0.2) is 0 Å². The first-order valence-corrected chi connectivity index (χ1v) is 8.32. The van der Waals surface area contributed by atoms with Crippen molar-refractivity contribution in [1.82, 2.24) is 25.5 Å². The molecule has 1 aliphatic rings. The van der Waals surface area contributed by atoms with E-state index in [0.717, 1.165) is 5.69 Å². The van der Waals surface area contributed by atoms with Gasteiger partial charge in [-0.15, -0.1) is 24.8 Å². The fraction of sp³-hybridized carbons (Fsp3) is 0.500. The van der Waals surface area contributed by atoms with Gasteiger partial charge in [-0.3, -0.25) is 4.79 Å². The van der Waals surface area contributed by atoms with Crippen molar-refractivity contribution in [2.45, 2.75) is 38.3 Å². The number of benzene rings is 1. The molecule has 0 bridgehead atoms. The zero-order valence-corrected chi connectivity index (χ0v) is 16.2. The molecule has 2 atom stereocenters. The molecule has 2 unspecified atom stereocenters. The zero-order chi connectivity index (χ0) is 16.9. The number of anilines is 1. The molecule has 1 aromatic carbocycles. The summed E-state index contributed by atoms with van der Waals surface area (Å²) >= 11 is 0. The summed E-state index contributed by atoms with van der Waals surface area (Å²) in [5, 5.41) is 17.7. The molecule has 1 heterocycles. The number of carbonyl (C=O) groups excluding carboxylic acids is 1. The van der Waals surface area contributed by atoms with E-state index in [9.17, 15) is 4.79 Å². The number of carbonyl (C=O) groups is 1. The van der Waals surface area contributed by atoms with Crippen molar-refractivity contribution in [2.75, 3.05) is 11.9 Å². The Morgan fingerprint density at radius 2 is 2.00 bits per heavy atom. The van der Waals surface area contributed by atoms with Gasteiger partial charge in [-0.05, 0) is 47.7 Å². The minimum atomic E-state index is -0.412. The zero-order valence-electron chi connectivity index (χ0n) is 14.5. The average Bonchev–Trinajstić information content (AvgIpc) is 3.37. The van der Waals surface area contributed by atoms with Gasteiger partial charge in [-0.2, -0.15) is 4.68 Å². The first-order valence-electron chi connectivity index (χ1n) is 8.32. The second-order valence-corrected chi connectivity index (χ2v) is 6.10. The van der Waals surface area contributed by atoms with Gasteiger partial charge in [0.1, 0.15) is 6.04 Å². The molecular formula is C16H25Cl2N7O. The smallest absolute Gasteiger partial charge is 0.248 e. The Morgan fingerprint density at radius 3 is 2.62 bits per heavy atom. The lowest BCUT2D eigenvalue weighted by molar-refractivity contribution is -0.122. The molecule has 10 heteroatoms. The van der Waals surface area contributed by atoms with Crippen molar-refractivity contribution in [2.24, 2.45) is 11.7 Å². The van der Waals surface area contributed by atoms with Crippen molar-refractivity contribution >= 4 is 36.7 Å². The second-order valence-electron chi connectivity index (χ2n) is 6.10.